The van der Waals surface area contributed by atoms with Crippen molar-refractivity contribution in [2.24, 2.45) is 0 Å². The topological polar surface area (TPSA) is 93.3 Å². The zero-order valence-electron chi connectivity index (χ0n) is 11.5. The summed E-state index contributed by atoms with van der Waals surface area (Å²) in [5.41, 5.74) is 1.34. The van der Waals surface area contributed by atoms with E-state index in [1.165, 1.54) is 8.52 Å². The number of alkyl halides is 1. The Balaban J connectivity index is 2.13. The first-order chi connectivity index (χ1) is 10.5. The Morgan fingerprint density at radius 2 is 1.86 bits per heavy atom. The maximum absolute atomic E-state index is 12.1. The van der Waals surface area contributed by atoms with Gasteiger partial charge in [0.15, 0.2) is 0 Å². The molecule has 0 radical (unpaired) electrons. The third kappa shape index (κ3) is 4.19. The Hall–Kier alpha value is -1.62. The lowest BCUT2D eigenvalue weighted by Gasteiger charge is -2.04. The van der Waals surface area contributed by atoms with Crippen molar-refractivity contribution in [2.75, 3.05) is 4.43 Å². The van der Waals surface area contributed by atoms with Gasteiger partial charge in [-0.15, -0.1) is 0 Å². The molecule has 9 heteroatoms. The predicted molar refractivity (Wildman–Crippen MR) is 92.1 cm³/mol. The van der Waals surface area contributed by atoms with Gasteiger partial charge in [-0.25, -0.2) is 18.1 Å². The minimum absolute atomic E-state index is 0.217. The highest BCUT2D eigenvalue weighted by Gasteiger charge is 2.10. The molecule has 0 aliphatic rings. The summed E-state index contributed by atoms with van der Waals surface area (Å²) in [4.78, 5) is 34.1. The van der Waals surface area contributed by atoms with Gasteiger partial charge in [0.2, 0.25) is 0 Å². The van der Waals surface area contributed by atoms with Crippen molar-refractivity contribution in [1.82, 2.24) is 13.8 Å². The number of nitrogens with zero attached hydrogens (tertiary/aromatic N) is 2. The molecule has 7 nitrogen and oxygen atoms in total. The molecular formula is C13H14IN3O4S. The Morgan fingerprint density at radius 3 is 2.45 bits per heavy atom. The molecule has 1 aromatic carbocycles. The molecule has 1 amide bonds. The van der Waals surface area contributed by atoms with Crippen LogP contribution in [0.15, 0.2) is 33.9 Å². The van der Waals surface area contributed by atoms with Crippen LogP contribution in [0.5, 0.6) is 0 Å². The van der Waals surface area contributed by atoms with Gasteiger partial charge in [0, 0.05) is 29.0 Å². The number of nitrogens with one attached hydrogen (secondary N) is 1. The first kappa shape index (κ1) is 16.7. The molecule has 118 valence electrons. The molecule has 22 heavy (non-hydrogen) atoms. The molecule has 0 aliphatic heterocycles. The first-order valence-electron chi connectivity index (χ1n) is 6.43. The lowest BCUT2D eigenvalue weighted by molar-refractivity contribution is 0.194. The summed E-state index contributed by atoms with van der Waals surface area (Å²) in [5, 5.41) is 10.8. The number of carboxylic acid groups (broad SMARTS) is 1. The summed E-state index contributed by atoms with van der Waals surface area (Å²) < 4.78 is 3.43. The average molecular weight is 435 g/mol. The molecule has 0 unspecified atom stereocenters. The number of aryl methyl sites for hydroxylation is 1. The molecule has 2 N–H and O–H groups in total. The zero-order chi connectivity index (χ0) is 16.1. The lowest BCUT2D eigenvalue weighted by Crippen LogP contribution is -2.29. The molecule has 0 saturated carbocycles. The molecule has 2 aromatic rings. The van der Waals surface area contributed by atoms with Gasteiger partial charge in [-0.2, -0.15) is 0 Å². The number of carbonyl (C=O) groups is 1. The minimum Gasteiger partial charge on any atom is -0.465 e. The zero-order valence-corrected chi connectivity index (χ0v) is 14.5. The van der Waals surface area contributed by atoms with Crippen LogP contribution in [0.3, 0.4) is 0 Å². The van der Waals surface area contributed by atoms with Crippen LogP contribution in [-0.4, -0.2) is 24.2 Å². The van der Waals surface area contributed by atoms with Gasteiger partial charge in [0.1, 0.15) is 0 Å². The lowest BCUT2D eigenvalue weighted by atomic mass is 10.1. The fraction of sp³-hybridized carbons (Fsp3) is 0.308. The fourth-order valence-corrected chi connectivity index (χ4v) is 3.47. The molecule has 1 heterocycles. The number of rotatable bonds is 6. The van der Waals surface area contributed by atoms with Gasteiger partial charge < -0.3 is 10.4 Å². The van der Waals surface area contributed by atoms with Crippen molar-refractivity contribution in [3.8, 4) is 0 Å². The van der Waals surface area contributed by atoms with Gasteiger partial charge in [-0.1, -0.05) is 46.9 Å². The fourth-order valence-electron chi connectivity index (χ4n) is 1.87. The second-order valence-corrected chi connectivity index (χ2v) is 6.54. The summed E-state index contributed by atoms with van der Waals surface area (Å²) in [7, 11) is 0. The van der Waals surface area contributed by atoms with Crippen LogP contribution in [0, 0.1) is 0 Å². The molecule has 0 saturated heterocycles. The third-order valence-corrected chi connectivity index (χ3v) is 4.37. The van der Waals surface area contributed by atoms with Crippen molar-refractivity contribution in [1.29, 1.82) is 0 Å². The maximum Gasteiger partial charge on any atom is 0.404 e. The molecular weight excluding hydrogens is 421 g/mol. The van der Waals surface area contributed by atoms with Crippen LogP contribution in [0.1, 0.15) is 11.1 Å². The molecule has 0 bridgehead atoms. The number of hydrogen-bond donors (Lipinski definition) is 2. The van der Waals surface area contributed by atoms with Crippen molar-refractivity contribution in [3.05, 3.63) is 55.5 Å². The summed E-state index contributed by atoms with van der Waals surface area (Å²) in [5.74, 6) is 0. The number of hydrogen-bond acceptors (Lipinski definition) is 4. The molecule has 0 atom stereocenters. The van der Waals surface area contributed by atoms with E-state index in [-0.39, 0.29) is 23.7 Å². The number of benzene rings is 1. The van der Waals surface area contributed by atoms with Gasteiger partial charge >= 0.3 is 16.7 Å². The van der Waals surface area contributed by atoms with Gasteiger partial charge in [0.05, 0.1) is 6.54 Å². The molecule has 1 aromatic heterocycles. The van der Waals surface area contributed by atoms with E-state index in [0.29, 0.717) is 6.54 Å². The summed E-state index contributed by atoms with van der Waals surface area (Å²) in [6, 6.07) is 7.11. The highest BCUT2D eigenvalue weighted by atomic mass is 127. The summed E-state index contributed by atoms with van der Waals surface area (Å²) in [6.45, 7) is 0.970. The molecule has 0 spiro atoms. The van der Waals surface area contributed by atoms with Crippen molar-refractivity contribution >= 4 is 40.2 Å². The van der Waals surface area contributed by atoms with Crippen LogP contribution in [0.4, 0.5) is 4.79 Å². The predicted octanol–water partition coefficient (Wildman–Crippen LogP) is 1.32. The Labute approximate surface area is 143 Å². The largest absolute Gasteiger partial charge is 0.465 e. The first-order valence-corrected chi connectivity index (χ1v) is 8.72. The van der Waals surface area contributed by atoms with Crippen LogP contribution < -0.4 is 15.9 Å². The molecule has 0 fully saturated rings. The Morgan fingerprint density at radius 1 is 1.23 bits per heavy atom. The van der Waals surface area contributed by atoms with E-state index in [9.17, 15) is 14.4 Å². The van der Waals surface area contributed by atoms with Crippen LogP contribution in [0.2, 0.25) is 0 Å². The second-order valence-electron chi connectivity index (χ2n) is 4.49. The second kappa shape index (κ2) is 7.58. The number of amides is 1. The van der Waals surface area contributed by atoms with Crippen molar-refractivity contribution < 1.29 is 9.90 Å². The quantitative estimate of drug-likeness (QED) is 0.529. The van der Waals surface area contributed by atoms with E-state index in [1.807, 2.05) is 0 Å². The van der Waals surface area contributed by atoms with Gasteiger partial charge in [0.25, 0.3) is 0 Å². The monoisotopic (exact) mass is 435 g/mol. The van der Waals surface area contributed by atoms with E-state index < -0.39 is 6.09 Å². The highest BCUT2D eigenvalue weighted by Crippen LogP contribution is 2.05. The normalized spacial score (nSPS) is 10.6. The van der Waals surface area contributed by atoms with E-state index >= 15 is 0 Å². The van der Waals surface area contributed by atoms with Crippen molar-refractivity contribution in [2.45, 2.75) is 19.6 Å². The minimum atomic E-state index is -1.08. The Kier molecular flexibility index (Phi) is 5.77. The smallest absolute Gasteiger partial charge is 0.404 e. The van der Waals surface area contributed by atoms with Crippen LogP contribution >= 0.6 is 34.1 Å². The van der Waals surface area contributed by atoms with Crippen LogP contribution in [-0.2, 0) is 19.6 Å². The highest BCUT2D eigenvalue weighted by molar-refractivity contribution is 14.1. The van der Waals surface area contributed by atoms with E-state index in [1.54, 1.807) is 24.3 Å². The average Bonchev–Trinajstić information content (AvgIpc) is 2.74. The van der Waals surface area contributed by atoms with E-state index in [0.717, 1.165) is 27.1 Å². The number of aromatic nitrogens is 2. The Bertz CT molecular complexity index is 763. The standard InChI is InChI=1S/C13H14IN3O4S/c14-5-6-17-12(20)16(13(21)22-17)8-10-3-1-9(2-4-10)7-15-11(18)19/h1-4,15H,5-8H2,(H,18,19). The maximum atomic E-state index is 12.1. The van der Waals surface area contributed by atoms with Crippen molar-refractivity contribution in [3.63, 3.8) is 0 Å². The summed E-state index contributed by atoms with van der Waals surface area (Å²) >= 11 is 3.09. The van der Waals surface area contributed by atoms with E-state index in [4.69, 9.17) is 5.11 Å². The molecule has 2 rings (SSSR count). The van der Waals surface area contributed by atoms with Gasteiger partial charge in [-0.05, 0) is 11.1 Å². The molecule has 0 aliphatic carbocycles. The van der Waals surface area contributed by atoms with E-state index in [2.05, 4.69) is 27.9 Å². The number of halogens is 1. The third-order valence-electron chi connectivity index (χ3n) is 2.95. The van der Waals surface area contributed by atoms with Gasteiger partial charge in [-0.3, -0.25) is 4.79 Å². The summed E-state index contributed by atoms with van der Waals surface area (Å²) in [6.07, 6.45) is -1.08. The van der Waals surface area contributed by atoms with Crippen LogP contribution in [0.25, 0.3) is 0 Å². The SMILES string of the molecule is O=C(O)NCc1ccc(Cn2c(=O)sn(CCI)c2=O)cc1.